The molecule has 0 saturated heterocycles. The van der Waals surface area contributed by atoms with Crippen molar-refractivity contribution in [3.05, 3.63) is 22.7 Å². The van der Waals surface area contributed by atoms with Gasteiger partial charge in [-0.1, -0.05) is 25.4 Å². The van der Waals surface area contributed by atoms with Gasteiger partial charge in [0.25, 0.3) is 0 Å². The number of hydrogen-bond acceptors (Lipinski definition) is 4. The van der Waals surface area contributed by atoms with Crippen LogP contribution >= 0.6 is 11.6 Å². The lowest BCUT2D eigenvalue weighted by molar-refractivity contribution is -0.137. The predicted octanol–water partition coefficient (Wildman–Crippen LogP) is 3.00. The zero-order chi connectivity index (χ0) is 15.6. The molecule has 1 aliphatic rings. The summed E-state index contributed by atoms with van der Waals surface area (Å²) in [6.07, 6.45) is 0.358. The van der Waals surface area contributed by atoms with Crippen LogP contribution in [0.25, 0.3) is 0 Å². The summed E-state index contributed by atoms with van der Waals surface area (Å²) in [6.45, 7) is 5.13. The number of benzene rings is 1. The molecule has 0 radical (unpaired) electrons. The van der Waals surface area contributed by atoms with E-state index < -0.39 is 12.0 Å². The lowest BCUT2D eigenvalue weighted by atomic mass is 9.97. The molecule has 2 rings (SSSR count). The molecule has 1 aromatic rings. The predicted molar refractivity (Wildman–Crippen MR) is 80.0 cm³/mol. The van der Waals surface area contributed by atoms with Gasteiger partial charge in [-0.25, -0.2) is 0 Å². The molecule has 0 amide bonds. The summed E-state index contributed by atoms with van der Waals surface area (Å²) in [6, 6.07) is 3.10. The number of rotatable bonds is 4. The molecule has 3 N–H and O–H groups in total. The fourth-order valence-electron chi connectivity index (χ4n) is 2.08. The molecular weight excluding hydrogens is 294 g/mol. The molecule has 1 aromatic carbocycles. The van der Waals surface area contributed by atoms with Crippen LogP contribution in [0.5, 0.6) is 11.5 Å². The Labute approximate surface area is 129 Å². The van der Waals surface area contributed by atoms with E-state index in [1.807, 2.05) is 13.8 Å². The second kappa shape index (κ2) is 6.12. The Bertz CT molecular complexity index is 545. The minimum Gasteiger partial charge on any atom is -0.489 e. The van der Waals surface area contributed by atoms with Crippen molar-refractivity contribution in [3.63, 3.8) is 0 Å². The molecule has 0 bridgehead atoms. The quantitative estimate of drug-likeness (QED) is 0.893. The summed E-state index contributed by atoms with van der Waals surface area (Å²) in [4.78, 5) is 10.6. The van der Waals surface area contributed by atoms with E-state index in [0.717, 1.165) is 5.56 Å². The van der Waals surface area contributed by atoms with E-state index in [2.05, 4.69) is 0 Å². The number of carboxylic acid groups (broad SMARTS) is 1. The topological polar surface area (TPSA) is 81.8 Å². The van der Waals surface area contributed by atoms with Crippen LogP contribution in [-0.2, 0) is 4.79 Å². The van der Waals surface area contributed by atoms with Gasteiger partial charge >= 0.3 is 5.97 Å². The van der Waals surface area contributed by atoms with Gasteiger partial charge in [-0.15, -0.1) is 0 Å². The lowest BCUT2D eigenvalue weighted by Crippen LogP contribution is -2.26. The SMILES string of the molecule is CC1(C)COc2cc(C(N)CCC(=O)O)cc(Cl)c2OC1. The number of carboxylic acids is 1. The van der Waals surface area contributed by atoms with Crippen LogP contribution in [0, 0.1) is 5.41 Å². The third kappa shape index (κ3) is 4.02. The third-order valence-corrected chi connectivity index (χ3v) is 3.64. The molecule has 1 heterocycles. The average molecular weight is 314 g/mol. The highest BCUT2D eigenvalue weighted by molar-refractivity contribution is 6.32. The van der Waals surface area contributed by atoms with Crippen molar-refractivity contribution >= 4 is 17.6 Å². The highest BCUT2D eigenvalue weighted by Gasteiger charge is 2.27. The Kier molecular flexibility index (Phi) is 4.64. The second-order valence-electron chi connectivity index (χ2n) is 6.11. The number of hydrogen-bond donors (Lipinski definition) is 2. The van der Waals surface area contributed by atoms with Crippen LogP contribution in [0.1, 0.15) is 38.3 Å². The van der Waals surface area contributed by atoms with Crippen molar-refractivity contribution in [2.45, 2.75) is 32.7 Å². The van der Waals surface area contributed by atoms with Crippen molar-refractivity contribution in [2.75, 3.05) is 13.2 Å². The zero-order valence-electron chi connectivity index (χ0n) is 12.2. The van der Waals surface area contributed by atoms with Gasteiger partial charge in [0, 0.05) is 17.9 Å². The van der Waals surface area contributed by atoms with E-state index in [9.17, 15) is 4.79 Å². The van der Waals surface area contributed by atoms with Gasteiger partial charge in [0.15, 0.2) is 11.5 Å². The van der Waals surface area contributed by atoms with Gasteiger partial charge < -0.3 is 20.3 Å². The van der Waals surface area contributed by atoms with Crippen LogP contribution in [0.2, 0.25) is 5.02 Å². The number of halogens is 1. The molecular formula is C15H20ClNO4. The van der Waals surface area contributed by atoms with Gasteiger partial charge in [-0.05, 0) is 24.1 Å². The van der Waals surface area contributed by atoms with Crippen molar-refractivity contribution in [1.29, 1.82) is 0 Å². The van der Waals surface area contributed by atoms with Gasteiger partial charge in [0.2, 0.25) is 0 Å². The summed E-state index contributed by atoms with van der Waals surface area (Å²) in [7, 11) is 0. The molecule has 1 unspecified atom stereocenters. The fraction of sp³-hybridized carbons (Fsp3) is 0.533. The van der Waals surface area contributed by atoms with Crippen molar-refractivity contribution in [3.8, 4) is 11.5 Å². The lowest BCUT2D eigenvalue weighted by Gasteiger charge is -2.19. The van der Waals surface area contributed by atoms with Crippen LogP contribution in [0.3, 0.4) is 0 Å². The van der Waals surface area contributed by atoms with E-state index in [0.29, 0.717) is 36.2 Å². The smallest absolute Gasteiger partial charge is 0.303 e. The maximum absolute atomic E-state index is 10.6. The van der Waals surface area contributed by atoms with E-state index in [4.69, 9.17) is 31.9 Å². The standard InChI is InChI=1S/C15H20ClNO4/c1-15(2)7-20-12-6-9(11(17)3-4-13(18)19)5-10(16)14(12)21-8-15/h5-6,11H,3-4,7-8,17H2,1-2H3,(H,18,19). The first-order valence-corrected chi connectivity index (χ1v) is 7.23. The summed E-state index contributed by atoms with van der Waals surface area (Å²) < 4.78 is 11.5. The molecule has 6 heteroatoms. The van der Waals surface area contributed by atoms with Crippen LogP contribution < -0.4 is 15.2 Å². The van der Waals surface area contributed by atoms with Gasteiger partial charge in [-0.2, -0.15) is 0 Å². The number of nitrogens with two attached hydrogens (primary N) is 1. The Morgan fingerprint density at radius 3 is 2.76 bits per heavy atom. The second-order valence-corrected chi connectivity index (χ2v) is 6.52. The van der Waals surface area contributed by atoms with Gasteiger partial charge in [-0.3, -0.25) is 4.79 Å². The van der Waals surface area contributed by atoms with Gasteiger partial charge in [0.1, 0.15) is 0 Å². The minimum absolute atomic E-state index is 0.0141. The monoisotopic (exact) mass is 313 g/mol. The maximum atomic E-state index is 10.6. The Hall–Kier alpha value is -1.46. The molecule has 21 heavy (non-hydrogen) atoms. The Morgan fingerprint density at radius 1 is 1.43 bits per heavy atom. The van der Waals surface area contributed by atoms with Crippen molar-refractivity contribution < 1.29 is 19.4 Å². The highest BCUT2D eigenvalue weighted by atomic mass is 35.5. The molecule has 116 valence electrons. The van der Waals surface area contributed by atoms with Crippen LogP contribution in [0.15, 0.2) is 12.1 Å². The molecule has 0 aromatic heterocycles. The first-order valence-electron chi connectivity index (χ1n) is 6.85. The van der Waals surface area contributed by atoms with E-state index in [1.165, 1.54) is 0 Å². The molecule has 0 saturated carbocycles. The van der Waals surface area contributed by atoms with Gasteiger partial charge in [0.05, 0.1) is 18.2 Å². The first-order chi connectivity index (χ1) is 9.78. The Morgan fingerprint density at radius 2 is 2.10 bits per heavy atom. The molecule has 0 aliphatic carbocycles. The average Bonchev–Trinajstić information content (AvgIpc) is 2.55. The summed E-state index contributed by atoms with van der Waals surface area (Å²) in [5.74, 6) is 0.220. The fourth-order valence-corrected chi connectivity index (χ4v) is 2.35. The minimum atomic E-state index is -0.868. The largest absolute Gasteiger partial charge is 0.489 e. The Balaban J connectivity index is 2.22. The summed E-state index contributed by atoms with van der Waals surface area (Å²) >= 11 is 6.24. The van der Waals surface area contributed by atoms with Crippen LogP contribution in [-0.4, -0.2) is 24.3 Å². The molecule has 1 atom stereocenters. The zero-order valence-corrected chi connectivity index (χ0v) is 12.9. The normalized spacial score (nSPS) is 17.9. The van der Waals surface area contributed by atoms with Crippen LogP contribution in [0.4, 0.5) is 0 Å². The van der Waals surface area contributed by atoms with Crippen molar-refractivity contribution in [2.24, 2.45) is 11.1 Å². The maximum Gasteiger partial charge on any atom is 0.303 e. The first kappa shape index (κ1) is 15.9. The number of aliphatic carboxylic acids is 1. The number of fused-ring (bicyclic) bond motifs is 1. The summed E-state index contributed by atoms with van der Waals surface area (Å²) in [5.41, 5.74) is 6.67. The molecule has 1 aliphatic heterocycles. The van der Waals surface area contributed by atoms with E-state index in [-0.39, 0.29) is 11.8 Å². The number of carbonyl (C=O) groups is 1. The summed E-state index contributed by atoms with van der Waals surface area (Å²) in [5, 5.41) is 9.16. The molecule has 0 fully saturated rings. The van der Waals surface area contributed by atoms with Crippen molar-refractivity contribution in [1.82, 2.24) is 0 Å². The van der Waals surface area contributed by atoms with E-state index >= 15 is 0 Å². The van der Waals surface area contributed by atoms with E-state index in [1.54, 1.807) is 12.1 Å². The number of ether oxygens (including phenoxy) is 2. The highest BCUT2D eigenvalue weighted by Crippen LogP contribution is 2.41. The molecule has 0 spiro atoms. The third-order valence-electron chi connectivity index (χ3n) is 3.35. The molecule has 5 nitrogen and oxygen atoms in total.